The molecule has 1 unspecified atom stereocenters. The number of carbonyl (C=O) groups is 1. The van der Waals surface area contributed by atoms with Crippen molar-refractivity contribution >= 4 is 17.5 Å². The highest BCUT2D eigenvalue weighted by atomic mass is 19.1. The summed E-state index contributed by atoms with van der Waals surface area (Å²) in [5.41, 5.74) is 1.25. The Labute approximate surface area is 122 Å². The Balaban J connectivity index is 1.75. The number of amides is 1. The maximum atomic E-state index is 14.3. The quantitative estimate of drug-likeness (QED) is 0.907. The maximum Gasteiger partial charge on any atom is 0.409 e. The van der Waals surface area contributed by atoms with Crippen molar-refractivity contribution in [3.63, 3.8) is 0 Å². The molecular weight excluding hydrogens is 277 g/mol. The molecule has 1 atom stereocenters. The van der Waals surface area contributed by atoms with Gasteiger partial charge in [0.25, 0.3) is 0 Å². The van der Waals surface area contributed by atoms with Crippen LogP contribution in [0.4, 0.5) is 20.6 Å². The second kappa shape index (κ2) is 5.77. The molecule has 0 bridgehead atoms. The Kier molecular flexibility index (Phi) is 3.83. The summed E-state index contributed by atoms with van der Waals surface area (Å²) in [7, 11) is 1.77. The van der Waals surface area contributed by atoms with E-state index in [1.54, 1.807) is 18.0 Å². The minimum atomic E-state index is -0.447. The smallest absolute Gasteiger partial charge is 0.409 e. The highest BCUT2D eigenvalue weighted by Gasteiger charge is 2.27. The summed E-state index contributed by atoms with van der Waals surface area (Å²) in [4.78, 5) is 14.8. The number of rotatable bonds is 3. The van der Waals surface area contributed by atoms with Gasteiger partial charge in [-0.2, -0.15) is 0 Å². The van der Waals surface area contributed by atoms with E-state index in [9.17, 15) is 9.18 Å². The van der Waals surface area contributed by atoms with Crippen LogP contribution in [0.25, 0.3) is 0 Å². The summed E-state index contributed by atoms with van der Waals surface area (Å²) in [5.74, 6) is -0.279. The predicted molar refractivity (Wildman–Crippen MR) is 76.1 cm³/mol. The summed E-state index contributed by atoms with van der Waals surface area (Å²) in [6.45, 7) is 3.00. The van der Waals surface area contributed by atoms with E-state index in [-0.39, 0.29) is 5.82 Å². The van der Waals surface area contributed by atoms with Gasteiger partial charge in [0.15, 0.2) is 6.23 Å². The Bertz CT molecular complexity index is 534. The number of alkyl carbamates (subject to hydrolysis) is 1. The first-order chi connectivity index (χ1) is 10.1. The number of nitrogens with zero attached hydrogens (tertiary/aromatic N) is 2. The molecule has 2 aliphatic heterocycles. The maximum absolute atomic E-state index is 14.3. The van der Waals surface area contributed by atoms with Gasteiger partial charge in [-0.25, -0.2) is 9.18 Å². The number of nitrogens with one attached hydrogen (secondary N) is 1. The minimum Gasteiger partial charge on any atom is -0.423 e. The lowest BCUT2D eigenvalue weighted by Gasteiger charge is -2.30. The molecule has 114 valence electrons. The van der Waals surface area contributed by atoms with Crippen LogP contribution in [0.2, 0.25) is 0 Å². The number of hydrogen-bond donors (Lipinski definition) is 1. The molecule has 2 fully saturated rings. The molecule has 0 saturated carbocycles. The number of cyclic esters (lactones) is 1. The average Bonchev–Trinajstić information content (AvgIpc) is 2.94. The highest BCUT2D eigenvalue weighted by Crippen LogP contribution is 2.26. The first kappa shape index (κ1) is 13.9. The van der Waals surface area contributed by atoms with E-state index in [1.807, 2.05) is 11.0 Å². The third-order valence-corrected chi connectivity index (χ3v) is 3.79. The lowest BCUT2D eigenvalue weighted by Crippen LogP contribution is -2.37. The number of carbonyl (C=O) groups excluding carboxylic acids is 1. The van der Waals surface area contributed by atoms with Crippen LogP contribution in [0, 0.1) is 5.82 Å². The Morgan fingerprint density at radius 3 is 2.76 bits per heavy atom. The SMILES string of the molecule is CN(c1ccc(N2CCOCC2)c(F)c1)C1CNC(=O)O1. The first-order valence-electron chi connectivity index (χ1n) is 6.95. The van der Waals surface area contributed by atoms with Crippen molar-refractivity contribution < 1.29 is 18.7 Å². The standard InChI is InChI=1S/C14H18FN3O3/c1-17(13-9-16-14(19)21-13)10-2-3-12(11(15)8-10)18-4-6-20-7-5-18/h2-3,8,13H,4-7,9H2,1H3,(H,16,19). The van der Waals surface area contributed by atoms with Gasteiger partial charge in [-0.05, 0) is 18.2 Å². The second-order valence-electron chi connectivity index (χ2n) is 5.09. The van der Waals surface area contributed by atoms with E-state index in [4.69, 9.17) is 9.47 Å². The molecule has 21 heavy (non-hydrogen) atoms. The van der Waals surface area contributed by atoms with Gasteiger partial charge in [0.1, 0.15) is 5.82 Å². The van der Waals surface area contributed by atoms with E-state index in [0.717, 1.165) is 0 Å². The number of likely N-dealkylation sites (N-methyl/N-ethyl adjacent to an activating group) is 1. The van der Waals surface area contributed by atoms with Crippen molar-refractivity contribution in [1.29, 1.82) is 0 Å². The van der Waals surface area contributed by atoms with Crippen molar-refractivity contribution in [3.8, 4) is 0 Å². The molecule has 3 rings (SSSR count). The Hall–Kier alpha value is -2.02. The van der Waals surface area contributed by atoms with Crippen molar-refractivity contribution in [2.75, 3.05) is 49.7 Å². The second-order valence-corrected chi connectivity index (χ2v) is 5.09. The van der Waals surface area contributed by atoms with Gasteiger partial charge in [0, 0.05) is 25.8 Å². The molecule has 0 aromatic heterocycles. The summed E-state index contributed by atoms with van der Waals surface area (Å²) in [5, 5.41) is 2.58. The third kappa shape index (κ3) is 2.87. The summed E-state index contributed by atoms with van der Waals surface area (Å²) >= 11 is 0. The van der Waals surface area contributed by atoms with Gasteiger partial charge in [0.05, 0.1) is 25.4 Å². The number of hydrogen-bond acceptors (Lipinski definition) is 5. The highest BCUT2D eigenvalue weighted by molar-refractivity contribution is 5.70. The Morgan fingerprint density at radius 1 is 1.38 bits per heavy atom. The normalized spacial score (nSPS) is 21.9. The van der Waals surface area contributed by atoms with Gasteiger partial charge >= 0.3 is 6.09 Å². The first-order valence-corrected chi connectivity index (χ1v) is 6.95. The molecule has 1 aromatic rings. The van der Waals surface area contributed by atoms with Crippen molar-refractivity contribution in [1.82, 2.24) is 5.32 Å². The van der Waals surface area contributed by atoms with Crippen LogP contribution in [0.5, 0.6) is 0 Å². The summed E-state index contributed by atoms with van der Waals surface area (Å²) < 4.78 is 24.7. The molecule has 2 aliphatic rings. The van der Waals surface area contributed by atoms with Gasteiger partial charge < -0.3 is 24.6 Å². The fourth-order valence-electron chi connectivity index (χ4n) is 2.54. The fourth-order valence-corrected chi connectivity index (χ4v) is 2.54. The summed E-state index contributed by atoms with van der Waals surface area (Å²) in [6, 6.07) is 5.06. The van der Waals surface area contributed by atoms with Crippen LogP contribution in [-0.4, -0.2) is 52.2 Å². The summed E-state index contributed by atoms with van der Waals surface area (Å²) in [6.07, 6.45) is -0.858. The molecule has 1 aromatic carbocycles. The molecule has 0 spiro atoms. The number of halogens is 1. The van der Waals surface area contributed by atoms with Gasteiger partial charge in [-0.15, -0.1) is 0 Å². The molecule has 2 saturated heterocycles. The topological polar surface area (TPSA) is 54.0 Å². The van der Waals surface area contributed by atoms with E-state index in [1.165, 1.54) is 6.07 Å². The fraction of sp³-hybridized carbons (Fsp3) is 0.500. The molecule has 0 aliphatic carbocycles. The van der Waals surface area contributed by atoms with Gasteiger partial charge in [-0.3, -0.25) is 0 Å². The zero-order valence-corrected chi connectivity index (χ0v) is 11.8. The number of benzene rings is 1. The number of anilines is 2. The minimum absolute atomic E-state index is 0.279. The van der Waals surface area contributed by atoms with E-state index >= 15 is 0 Å². The van der Waals surface area contributed by atoms with Crippen LogP contribution < -0.4 is 15.1 Å². The van der Waals surface area contributed by atoms with Crippen LogP contribution in [0.15, 0.2) is 18.2 Å². The number of morpholine rings is 1. The zero-order chi connectivity index (χ0) is 14.8. The molecule has 6 nitrogen and oxygen atoms in total. The molecule has 2 heterocycles. The molecular formula is C14H18FN3O3. The average molecular weight is 295 g/mol. The van der Waals surface area contributed by atoms with Gasteiger partial charge in [-0.1, -0.05) is 0 Å². The monoisotopic (exact) mass is 295 g/mol. The lowest BCUT2D eigenvalue weighted by molar-refractivity contribution is 0.122. The van der Waals surface area contributed by atoms with Crippen molar-refractivity contribution in [2.45, 2.75) is 6.23 Å². The Morgan fingerprint density at radius 2 is 2.14 bits per heavy atom. The van der Waals surface area contributed by atoms with Crippen LogP contribution >= 0.6 is 0 Å². The lowest BCUT2D eigenvalue weighted by atomic mass is 10.2. The van der Waals surface area contributed by atoms with E-state index in [0.29, 0.717) is 44.2 Å². The number of ether oxygens (including phenoxy) is 2. The van der Waals surface area contributed by atoms with Crippen LogP contribution in [0.1, 0.15) is 0 Å². The van der Waals surface area contributed by atoms with E-state index in [2.05, 4.69) is 5.32 Å². The van der Waals surface area contributed by atoms with Crippen molar-refractivity contribution in [3.05, 3.63) is 24.0 Å². The van der Waals surface area contributed by atoms with Crippen LogP contribution in [0.3, 0.4) is 0 Å². The van der Waals surface area contributed by atoms with Crippen LogP contribution in [-0.2, 0) is 9.47 Å². The molecule has 0 radical (unpaired) electrons. The molecule has 1 amide bonds. The molecule has 1 N–H and O–H groups in total. The van der Waals surface area contributed by atoms with E-state index < -0.39 is 12.3 Å². The molecule has 7 heteroatoms. The predicted octanol–water partition coefficient (Wildman–Crippen LogP) is 1.16. The third-order valence-electron chi connectivity index (χ3n) is 3.79. The van der Waals surface area contributed by atoms with Crippen molar-refractivity contribution in [2.24, 2.45) is 0 Å². The zero-order valence-electron chi connectivity index (χ0n) is 11.8. The largest absolute Gasteiger partial charge is 0.423 e. The van der Waals surface area contributed by atoms with Gasteiger partial charge in [0.2, 0.25) is 0 Å².